The predicted octanol–water partition coefficient (Wildman–Crippen LogP) is 1.05. The van der Waals surface area contributed by atoms with Gasteiger partial charge in [-0.1, -0.05) is 19.8 Å². The van der Waals surface area contributed by atoms with Crippen LogP contribution < -0.4 is 11.1 Å². The zero-order valence-corrected chi connectivity index (χ0v) is 9.92. The molecule has 0 heterocycles. The number of nitrogens with two attached hydrogens (primary N) is 1. The third kappa shape index (κ3) is 8.39. The summed E-state index contributed by atoms with van der Waals surface area (Å²) in [5.74, 6) is 0.0820. The largest absolute Gasteiger partial charge is 0.385 e. The number of hydrogen-bond acceptors (Lipinski definition) is 3. The van der Waals surface area contributed by atoms with Crippen molar-refractivity contribution in [1.82, 2.24) is 5.32 Å². The van der Waals surface area contributed by atoms with Crippen LogP contribution in [-0.2, 0) is 9.53 Å². The molecule has 0 aliphatic heterocycles. The summed E-state index contributed by atoms with van der Waals surface area (Å²) in [6.07, 6.45) is 4.52. The Bertz CT molecular complexity index is 163. The van der Waals surface area contributed by atoms with E-state index in [2.05, 4.69) is 12.2 Å². The smallest absolute Gasteiger partial charge is 0.220 e. The van der Waals surface area contributed by atoms with E-state index in [1.54, 1.807) is 7.11 Å². The van der Waals surface area contributed by atoms with E-state index < -0.39 is 0 Å². The first-order valence-electron chi connectivity index (χ1n) is 5.73. The fourth-order valence-corrected chi connectivity index (χ4v) is 1.38. The molecular weight excluding hydrogens is 192 g/mol. The molecule has 0 aromatic carbocycles. The van der Waals surface area contributed by atoms with E-state index in [9.17, 15) is 4.79 Å². The molecule has 0 saturated heterocycles. The van der Waals surface area contributed by atoms with Crippen molar-refractivity contribution in [2.24, 2.45) is 5.73 Å². The average Bonchev–Trinajstić information content (AvgIpc) is 2.24. The minimum Gasteiger partial charge on any atom is -0.385 e. The van der Waals surface area contributed by atoms with Crippen LogP contribution in [0.5, 0.6) is 0 Å². The van der Waals surface area contributed by atoms with E-state index in [1.165, 1.54) is 0 Å². The van der Waals surface area contributed by atoms with E-state index in [4.69, 9.17) is 10.5 Å². The van der Waals surface area contributed by atoms with Gasteiger partial charge in [-0.25, -0.2) is 0 Å². The molecule has 0 bridgehead atoms. The predicted molar refractivity (Wildman–Crippen MR) is 61.6 cm³/mol. The van der Waals surface area contributed by atoms with Gasteiger partial charge in [-0.15, -0.1) is 0 Å². The van der Waals surface area contributed by atoms with Gasteiger partial charge in [0.15, 0.2) is 0 Å². The monoisotopic (exact) mass is 216 g/mol. The number of nitrogens with one attached hydrogen (secondary N) is 1. The summed E-state index contributed by atoms with van der Waals surface area (Å²) in [7, 11) is 1.64. The van der Waals surface area contributed by atoms with Crippen LogP contribution in [0.1, 0.15) is 39.0 Å². The normalized spacial score (nSPS) is 12.5. The van der Waals surface area contributed by atoms with E-state index in [0.29, 0.717) is 19.6 Å². The molecule has 3 N–H and O–H groups in total. The number of methoxy groups -OCH3 is 1. The van der Waals surface area contributed by atoms with Gasteiger partial charge in [-0.2, -0.15) is 0 Å². The lowest BCUT2D eigenvalue weighted by molar-refractivity contribution is -0.122. The van der Waals surface area contributed by atoms with E-state index in [1.807, 2.05) is 0 Å². The molecule has 4 heteroatoms. The first-order chi connectivity index (χ1) is 7.24. The number of hydrogen-bond donors (Lipinski definition) is 2. The maximum atomic E-state index is 11.4. The van der Waals surface area contributed by atoms with Crippen LogP contribution in [-0.4, -0.2) is 32.2 Å². The van der Waals surface area contributed by atoms with E-state index in [0.717, 1.165) is 25.7 Å². The third-order valence-electron chi connectivity index (χ3n) is 2.31. The summed E-state index contributed by atoms with van der Waals surface area (Å²) in [6, 6.07) is 0.139. The summed E-state index contributed by atoms with van der Waals surface area (Å²) in [5.41, 5.74) is 5.58. The summed E-state index contributed by atoms with van der Waals surface area (Å²) in [5, 5.41) is 2.94. The Balaban J connectivity index is 3.60. The van der Waals surface area contributed by atoms with E-state index >= 15 is 0 Å². The maximum Gasteiger partial charge on any atom is 0.220 e. The number of amides is 1. The molecule has 0 rings (SSSR count). The molecule has 0 spiro atoms. The summed E-state index contributed by atoms with van der Waals surface area (Å²) in [6.45, 7) is 3.29. The maximum absolute atomic E-state index is 11.4. The van der Waals surface area contributed by atoms with Gasteiger partial charge in [0.05, 0.1) is 0 Å². The standard InChI is InChI=1S/C11H24N2O2/c1-3-4-6-10(9-12)13-11(14)7-5-8-15-2/h10H,3-9,12H2,1-2H3,(H,13,14). The minimum absolute atomic E-state index is 0.0820. The van der Waals surface area contributed by atoms with Crippen LogP contribution in [0, 0.1) is 0 Å². The number of unbranched alkanes of at least 4 members (excludes halogenated alkanes) is 1. The summed E-state index contributed by atoms with van der Waals surface area (Å²) < 4.78 is 4.88. The molecule has 1 unspecified atom stereocenters. The number of ether oxygens (including phenoxy) is 1. The van der Waals surface area contributed by atoms with Gasteiger partial charge in [0.2, 0.25) is 5.91 Å². The van der Waals surface area contributed by atoms with Crippen LogP contribution >= 0.6 is 0 Å². The van der Waals surface area contributed by atoms with Gasteiger partial charge >= 0.3 is 0 Å². The van der Waals surface area contributed by atoms with Crippen molar-refractivity contribution in [3.8, 4) is 0 Å². The molecule has 4 nitrogen and oxygen atoms in total. The molecule has 0 aliphatic rings. The third-order valence-corrected chi connectivity index (χ3v) is 2.31. The Morgan fingerprint density at radius 3 is 2.73 bits per heavy atom. The molecule has 1 atom stereocenters. The highest BCUT2D eigenvalue weighted by atomic mass is 16.5. The zero-order chi connectivity index (χ0) is 11.5. The Morgan fingerprint density at radius 2 is 2.20 bits per heavy atom. The van der Waals surface area contributed by atoms with Crippen molar-refractivity contribution >= 4 is 5.91 Å². The molecule has 90 valence electrons. The molecule has 0 aromatic heterocycles. The van der Waals surface area contributed by atoms with Gasteiger partial charge < -0.3 is 15.8 Å². The molecule has 0 aromatic rings. The van der Waals surface area contributed by atoms with Crippen molar-refractivity contribution in [3.63, 3.8) is 0 Å². The van der Waals surface area contributed by atoms with Crippen LogP contribution in [0.4, 0.5) is 0 Å². The van der Waals surface area contributed by atoms with Crippen LogP contribution in [0.3, 0.4) is 0 Å². The van der Waals surface area contributed by atoms with Crippen molar-refractivity contribution in [2.75, 3.05) is 20.3 Å². The fourth-order valence-electron chi connectivity index (χ4n) is 1.38. The van der Waals surface area contributed by atoms with Gasteiger partial charge in [-0.3, -0.25) is 4.79 Å². The van der Waals surface area contributed by atoms with Crippen LogP contribution in [0.25, 0.3) is 0 Å². The minimum atomic E-state index is 0.0820. The Hall–Kier alpha value is -0.610. The second-order valence-electron chi connectivity index (χ2n) is 3.74. The molecule has 0 saturated carbocycles. The van der Waals surface area contributed by atoms with Crippen LogP contribution in [0.15, 0.2) is 0 Å². The van der Waals surface area contributed by atoms with Crippen LogP contribution in [0.2, 0.25) is 0 Å². The second kappa shape index (κ2) is 9.93. The molecule has 0 aliphatic carbocycles. The molecule has 0 fully saturated rings. The molecule has 15 heavy (non-hydrogen) atoms. The number of carbonyl (C=O) groups excluding carboxylic acids is 1. The lowest BCUT2D eigenvalue weighted by Gasteiger charge is -2.16. The van der Waals surface area contributed by atoms with Crippen molar-refractivity contribution < 1.29 is 9.53 Å². The Kier molecular flexibility index (Phi) is 9.52. The van der Waals surface area contributed by atoms with Gasteiger partial charge in [0, 0.05) is 32.7 Å². The van der Waals surface area contributed by atoms with Crippen molar-refractivity contribution in [1.29, 1.82) is 0 Å². The zero-order valence-electron chi connectivity index (χ0n) is 9.92. The highest BCUT2D eigenvalue weighted by molar-refractivity contribution is 5.76. The summed E-state index contributed by atoms with van der Waals surface area (Å²) >= 11 is 0. The number of carbonyl (C=O) groups is 1. The number of rotatable bonds is 9. The van der Waals surface area contributed by atoms with Gasteiger partial charge in [0.1, 0.15) is 0 Å². The average molecular weight is 216 g/mol. The van der Waals surface area contributed by atoms with Gasteiger partial charge in [-0.05, 0) is 12.8 Å². The Morgan fingerprint density at radius 1 is 1.47 bits per heavy atom. The topological polar surface area (TPSA) is 64.3 Å². The second-order valence-corrected chi connectivity index (χ2v) is 3.74. The SMILES string of the molecule is CCCCC(CN)NC(=O)CCCOC. The first kappa shape index (κ1) is 14.4. The van der Waals surface area contributed by atoms with Gasteiger partial charge in [0.25, 0.3) is 0 Å². The molecular formula is C11H24N2O2. The lowest BCUT2D eigenvalue weighted by atomic mass is 10.1. The first-order valence-corrected chi connectivity index (χ1v) is 5.73. The lowest BCUT2D eigenvalue weighted by Crippen LogP contribution is -2.40. The quantitative estimate of drug-likeness (QED) is 0.566. The van der Waals surface area contributed by atoms with Crippen molar-refractivity contribution in [2.45, 2.75) is 45.1 Å². The van der Waals surface area contributed by atoms with Crippen molar-refractivity contribution in [3.05, 3.63) is 0 Å². The Labute approximate surface area is 92.6 Å². The molecule has 1 amide bonds. The highest BCUT2D eigenvalue weighted by Gasteiger charge is 2.09. The van der Waals surface area contributed by atoms with E-state index in [-0.39, 0.29) is 11.9 Å². The molecule has 0 radical (unpaired) electrons. The summed E-state index contributed by atoms with van der Waals surface area (Å²) in [4.78, 5) is 11.4. The fraction of sp³-hybridized carbons (Fsp3) is 0.909. The highest BCUT2D eigenvalue weighted by Crippen LogP contribution is 2.00.